The number of carbonyl (C=O) groups excluding carboxylic acids is 2. The Bertz CT molecular complexity index is 466. The van der Waals surface area contributed by atoms with Gasteiger partial charge in [-0.2, -0.15) is 4.39 Å². The Morgan fingerprint density at radius 2 is 2.11 bits per heavy atom. The molecule has 0 atom stereocenters. The van der Waals surface area contributed by atoms with Gasteiger partial charge in [0, 0.05) is 33.3 Å². The number of hydrogen-bond donors (Lipinski definition) is 1. The zero-order valence-electron chi connectivity index (χ0n) is 10.0. The van der Waals surface area contributed by atoms with Gasteiger partial charge in [-0.3, -0.25) is 9.59 Å². The Kier molecular flexibility index (Phi) is 4.70. The third-order valence-corrected chi connectivity index (χ3v) is 2.38. The van der Waals surface area contributed by atoms with Gasteiger partial charge in [-0.1, -0.05) is 0 Å². The number of rotatable bonds is 4. The lowest BCUT2D eigenvalue weighted by molar-refractivity contribution is -0.120. The van der Waals surface area contributed by atoms with E-state index in [2.05, 4.69) is 10.3 Å². The number of aromatic nitrogens is 1. The maximum absolute atomic E-state index is 13.3. The van der Waals surface area contributed by atoms with Crippen molar-refractivity contribution in [3.8, 4) is 0 Å². The maximum atomic E-state index is 13.3. The average Bonchev–Trinajstić information content (AvgIpc) is 2.37. The van der Waals surface area contributed by atoms with E-state index in [1.54, 1.807) is 0 Å². The van der Waals surface area contributed by atoms with Crippen molar-refractivity contribution in [1.29, 1.82) is 0 Å². The van der Waals surface area contributed by atoms with Gasteiger partial charge in [0.05, 0.1) is 5.56 Å². The van der Waals surface area contributed by atoms with Crippen molar-refractivity contribution in [2.45, 2.75) is 6.42 Å². The smallest absolute Gasteiger partial charge is 0.256 e. The predicted octanol–water partition coefficient (Wildman–Crippen LogP) is 0.568. The summed E-state index contributed by atoms with van der Waals surface area (Å²) >= 11 is 0. The summed E-state index contributed by atoms with van der Waals surface area (Å²) in [5.74, 6) is -3.54. The molecule has 2 amide bonds. The number of nitrogens with one attached hydrogen (secondary N) is 1. The lowest BCUT2D eigenvalue weighted by atomic mass is 10.2. The van der Waals surface area contributed by atoms with Crippen LogP contribution in [0.15, 0.2) is 12.3 Å². The van der Waals surface area contributed by atoms with Crippen LogP contribution < -0.4 is 5.32 Å². The van der Waals surface area contributed by atoms with E-state index in [4.69, 9.17) is 0 Å². The number of hydrogen-bond acceptors (Lipinski definition) is 3. The molecular formula is C11H13F2N3O2. The zero-order chi connectivity index (χ0) is 13.7. The number of pyridine rings is 1. The Morgan fingerprint density at radius 3 is 2.72 bits per heavy atom. The fourth-order valence-electron chi connectivity index (χ4n) is 1.28. The molecule has 1 aromatic heterocycles. The average molecular weight is 257 g/mol. The van der Waals surface area contributed by atoms with Crippen molar-refractivity contribution in [3.05, 3.63) is 29.6 Å². The fraction of sp³-hybridized carbons (Fsp3) is 0.364. The third-order valence-electron chi connectivity index (χ3n) is 2.38. The molecule has 7 heteroatoms. The first-order chi connectivity index (χ1) is 8.47. The van der Waals surface area contributed by atoms with Gasteiger partial charge in [-0.25, -0.2) is 9.37 Å². The largest absolute Gasteiger partial charge is 0.359 e. The monoisotopic (exact) mass is 257 g/mol. The lowest BCUT2D eigenvalue weighted by Crippen LogP contribution is -2.32. The SMILES string of the molecule is CNC(=O)CCN(C)C(=O)c1ccnc(F)c1F. The summed E-state index contributed by atoms with van der Waals surface area (Å²) in [6.07, 6.45) is 1.10. The van der Waals surface area contributed by atoms with Crippen molar-refractivity contribution in [1.82, 2.24) is 15.2 Å². The van der Waals surface area contributed by atoms with Gasteiger partial charge >= 0.3 is 0 Å². The van der Waals surface area contributed by atoms with E-state index >= 15 is 0 Å². The molecule has 1 N–H and O–H groups in total. The van der Waals surface area contributed by atoms with Gasteiger partial charge in [-0.15, -0.1) is 0 Å². The fourth-order valence-corrected chi connectivity index (χ4v) is 1.28. The molecular weight excluding hydrogens is 244 g/mol. The van der Waals surface area contributed by atoms with Gasteiger partial charge in [-0.05, 0) is 6.07 Å². The van der Waals surface area contributed by atoms with Gasteiger partial charge in [0.2, 0.25) is 11.9 Å². The minimum Gasteiger partial charge on any atom is -0.359 e. The number of halogens is 2. The van der Waals surface area contributed by atoms with E-state index in [0.29, 0.717) is 0 Å². The van der Waals surface area contributed by atoms with Gasteiger partial charge in [0.1, 0.15) is 0 Å². The highest BCUT2D eigenvalue weighted by atomic mass is 19.2. The molecule has 0 fully saturated rings. The summed E-state index contributed by atoms with van der Waals surface area (Å²) in [5.41, 5.74) is -0.401. The van der Waals surface area contributed by atoms with Crippen molar-refractivity contribution < 1.29 is 18.4 Å². The Balaban J connectivity index is 2.74. The molecule has 1 aromatic rings. The van der Waals surface area contributed by atoms with Gasteiger partial charge < -0.3 is 10.2 Å². The first-order valence-corrected chi connectivity index (χ1v) is 5.23. The molecule has 0 aliphatic carbocycles. The van der Waals surface area contributed by atoms with E-state index in [9.17, 15) is 18.4 Å². The third kappa shape index (κ3) is 3.22. The molecule has 0 unspecified atom stereocenters. The highest BCUT2D eigenvalue weighted by Crippen LogP contribution is 2.11. The molecule has 1 heterocycles. The Labute approximate surface area is 103 Å². The minimum atomic E-state index is -1.32. The Morgan fingerprint density at radius 1 is 1.44 bits per heavy atom. The van der Waals surface area contributed by atoms with Crippen LogP contribution in [0.2, 0.25) is 0 Å². The van der Waals surface area contributed by atoms with E-state index in [0.717, 1.165) is 17.2 Å². The second-order valence-corrected chi connectivity index (χ2v) is 3.61. The number of nitrogens with zero attached hydrogens (tertiary/aromatic N) is 2. The molecule has 0 aliphatic rings. The topological polar surface area (TPSA) is 62.3 Å². The number of carbonyl (C=O) groups is 2. The van der Waals surface area contributed by atoms with Crippen LogP contribution in [-0.4, -0.2) is 42.3 Å². The van der Waals surface area contributed by atoms with E-state index in [1.165, 1.54) is 14.1 Å². The molecule has 0 saturated carbocycles. The summed E-state index contributed by atoms with van der Waals surface area (Å²) in [7, 11) is 2.88. The summed E-state index contributed by atoms with van der Waals surface area (Å²) in [5, 5.41) is 2.40. The normalized spacial score (nSPS) is 10.0. The molecule has 0 spiro atoms. The van der Waals surface area contributed by atoms with Crippen LogP contribution in [0.25, 0.3) is 0 Å². The lowest BCUT2D eigenvalue weighted by Gasteiger charge is -2.16. The van der Waals surface area contributed by atoms with E-state index in [-0.39, 0.29) is 18.9 Å². The molecule has 0 aliphatic heterocycles. The standard InChI is InChI=1S/C11H13F2N3O2/c1-14-8(17)4-6-16(2)11(18)7-3-5-15-10(13)9(7)12/h3,5H,4,6H2,1-2H3,(H,14,17). The predicted molar refractivity (Wildman–Crippen MR) is 59.8 cm³/mol. The first kappa shape index (κ1) is 14.0. The number of amides is 2. The van der Waals surface area contributed by atoms with E-state index < -0.39 is 23.2 Å². The minimum absolute atomic E-state index is 0.0912. The molecule has 18 heavy (non-hydrogen) atoms. The quantitative estimate of drug-likeness (QED) is 0.802. The van der Waals surface area contributed by atoms with Crippen LogP contribution in [0.3, 0.4) is 0 Å². The second kappa shape index (κ2) is 6.04. The maximum Gasteiger partial charge on any atom is 0.256 e. The van der Waals surface area contributed by atoms with Crippen LogP contribution in [-0.2, 0) is 4.79 Å². The molecule has 1 rings (SSSR count). The van der Waals surface area contributed by atoms with E-state index in [1.807, 2.05) is 0 Å². The highest BCUT2D eigenvalue weighted by molar-refractivity contribution is 5.94. The van der Waals surface area contributed by atoms with Crippen molar-refractivity contribution in [3.63, 3.8) is 0 Å². The van der Waals surface area contributed by atoms with Crippen LogP contribution in [0.1, 0.15) is 16.8 Å². The molecule has 0 saturated heterocycles. The highest BCUT2D eigenvalue weighted by Gasteiger charge is 2.19. The van der Waals surface area contributed by atoms with Crippen molar-refractivity contribution in [2.24, 2.45) is 0 Å². The van der Waals surface area contributed by atoms with Crippen LogP contribution in [0, 0.1) is 11.8 Å². The van der Waals surface area contributed by atoms with Gasteiger partial charge in [0.15, 0.2) is 5.82 Å². The zero-order valence-corrected chi connectivity index (χ0v) is 10.0. The summed E-state index contributed by atoms with van der Waals surface area (Å²) in [4.78, 5) is 27.0. The summed E-state index contributed by atoms with van der Waals surface area (Å²) in [6, 6.07) is 1.09. The summed E-state index contributed by atoms with van der Waals surface area (Å²) in [6.45, 7) is 0.113. The van der Waals surface area contributed by atoms with Gasteiger partial charge in [0.25, 0.3) is 5.91 Å². The molecule has 0 aromatic carbocycles. The van der Waals surface area contributed by atoms with Crippen LogP contribution in [0.5, 0.6) is 0 Å². The molecule has 98 valence electrons. The molecule has 5 nitrogen and oxygen atoms in total. The van der Waals surface area contributed by atoms with Crippen molar-refractivity contribution >= 4 is 11.8 Å². The van der Waals surface area contributed by atoms with Crippen LogP contribution >= 0.6 is 0 Å². The Hall–Kier alpha value is -2.05. The van der Waals surface area contributed by atoms with Crippen LogP contribution in [0.4, 0.5) is 8.78 Å². The molecule has 0 radical (unpaired) electrons. The first-order valence-electron chi connectivity index (χ1n) is 5.23. The molecule has 0 bridgehead atoms. The summed E-state index contributed by atoms with van der Waals surface area (Å²) < 4.78 is 26.2. The van der Waals surface area contributed by atoms with Crippen molar-refractivity contribution in [2.75, 3.05) is 20.6 Å². The second-order valence-electron chi connectivity index (χ2n) is 3.61.